The van der Waals surface area contributed by atoms with Gasteiger partial charge in [-0.25, -0.2) is 0 Å². The molecule has 0 N–H and O–H groups in total. The second-order valence-electron chi connectivity index (χ2n) is 4.47. The van der Waals surface area contributed by atoms with Crippen LogP contribution in [-0.4, -0.2) is 55.6 Å². The number of carbonyl (C=O) groups is 1. The van der Waals surface area contributed by atoms with Gasteiger partial charge in [0.1, 0.15) is 0 Å². The lowest BCUT2D eigenvalue weighted by Crippen LogP contribution is -3.00. The Morgan fingerprint density at radius 2 is 1.93 bits per heavy atom. The molecule has 0 radical (unpaired) electrons. The van der Waals surface area contributed by atoms with Gasteiger partial charge in [-0.3, -0.25) is 4.79 Å². The van der Waals surface area contributed by atoms with Crippen LogP contribution in [0.3, 0.4) is 0 Å². The third kappa shape index (κ3) is 4.13. The zero-order valence-corrected chi connectivity index (χ0v) is 11.6. The Labute approximate surface area is 104 Å². The number of carbonyl (C=O) groups excluding carboxylic acids is 1. The molecule has 1 amide bonds. The smallest absolute Gasteiger partial charge is 0.222 e. The standard InChI is InChI=1S/C10H21N2O.HI/c1-4-10(13)11-6-5-8-12(2,3)9-7-11;/h4-9H2,1-3H3;1H/q+1;/p-1. The predicted octanol–water partition coefficient (Wildman–Crippen LogP) is -2.29. The van der Waals surface area contributed by atoms with E-state index in [0.29, 0.717) is 12.3 Å². The van der Waals surface area contributed by atoms with E-state index in [2.05, 4.69) is 14.1 Å². The normalized spacial score (nSPS) is 20.9. The Morgan fingerprint density at radius 1 is 1.29 bits per heavy atom. The molecule has 84 valence electrons. The molecule has 4 heteroatoms. The summed E-state index contributed by atoms with van der Waals surface area (Å²) in [6.07, 6.45) is 1.78. The summed E-state index contributed by atoms with van der Waals surface area (Å²) in [5.41, 5.74) is 0. The van der Waals surface area contributed by atoms with E-state index in [0.717, 1.165) is 30.5 Å². The lowest BCUT2D eigenvalue weighted by Gasteiger charge is -2.27. The topological polar surface area (TPSA) is 20.3 Å². The van der Waals surface area contributed by atoms with Crippen molar-refractivity contribution in [3.8, 4) is 0 Å². The van der Waals surface area contributed by atoms with Gasteiger partial charge in [-0.05, 0) is 0 Å². The van der Waals surface area contributed by atoms with Gasteiger partial charge in [0.2, 0.25) is 5.91 Å². The minimum absolute atomic E-state index is 0. The fraction of sp³-hybridized carbons (Fsp3) is 0.900. The maximum absolute atomic E-state index is 11.4. The lowest BCUT2D eigenvalue weighted by molar-refractivity contribution is -0.888. The Kier molecular flexibility index (Phi) is 5.97. The molecular formula is C10H21IN2O. The molecule has 1 heterocycles. The van der Waals surface area contributed by atoms with Gasteiger partial charge in [-0.1, -0.05) is 6.92 Å². The largest absolute Gasteiger partial charge is 1.00 e. The van der Waals surface area contributed by atoms with Crippen LogP contribution in [0.1, 0.15) is 19.8 Å². The van der Waals surface area contributed by atoms with Gasteiger partial charge in [0.05, 0.1) is 33.7 Å². The molecule has 0 spiro atoms. The quantitative estimate of drug-likeness (QED) is 0.394. The van der Waals surface area contributed by atoms with Crippen LogP contribution in [0.15, 0.2) is 0 Å². The van der Waals surface area contributed by atoms with Crippen LogP contribution in [0.4, 0.5) is 0 Å². The fourth-order valence-electron chi connectivity index (χ4n) is 1.78. The Bertz CT molecular complexity index is 195. The van der Waals surface area contributed by atoms with E-state index in [-0.39, 0.29) is 24.0 Å². The summed E-state index contributed by atoms with van der Waals surface area (Å²) >= 11 is 0. The van der Waals surface area contributed by atoms with Crippen molar-refractivity contribution in [1.29, 1.82) is 0 Å². The van der Waals surface area contributed by atoms with E-state index in [1.54, 1.807) is 0 Å². The molecule has 0 aromatic carbocycles. The monoisotopic (exact) mass is 312 g/mol. The molecule has 3 nitrogen and oxygen atoms in total. The fourth-order valence-corrected chi connectivity index (χ4v) is 1.78. The van der Waals surface area contributed by atoms with Crippen molar-refractivity contribution in [3.05, 3.63) is 0 Å². The van der Waals surface area contributed by atoms with Crippen molar-refractivity contribution in [1.82, 2.24) is 4.90 Å². The Balaban J connectivity index is 0.00000169. The van der Waals surface area contributed by atoms with Gasteiger partial charge in [-0.2, -0.15) is 0 Å². The van der Waals surface area contributed by atoms with Crippen molar-refractivity contribution in [2.24, 2.45) is 0 Å². The molecule has 0 aromatic rings. The van der Waals surface area contributed by atoms with Gasteiger partial charge in [0, 0.05) is 19.4 Å². The molecule has 0 aromatic heterocycles. The zero-order valence-electron chi connectivity index (χ0n) is 9.42. The van der Waals surface area contributed by atoms with E-state index in [1.165, 1.54) is 6.54 Å². The number of nitrogens with zero attached hydrogens (tertiary/aromatic N) is 2. The Morgan fingerprint density at radius 3 is 2.50 bits per heavy atom. The summed E-state index contributed by atoms with van der Waals surface area (Å²) in [6, 6.07) is 0. The van der Waals surface area contributed by atoms with Crippen LogP contribution in [0.2, 0.25) is 0 Å². The highest BCUT2D eigenvalue weighted by Gasteiger charge is 2.23. The highest BCUT2D eigenvalue weighted by atomic mass is 127. The number of halogens is 1. The molecular weight excluding hydrogens is 291 g/mol. The van der Waals surface area contributed by atoms with E-state index in [1.807, 2.05) is 11.8 Å². The maximum atomic E-state index is 11.4. The van der Waals surface area contributed by atoms with Crippen molar-refractivity contribution in [3.63, 3.8) is 0 Å². The molecule has 1 rings (SSSR count). The number of hydrogen-bond acceptors (Lipinski definition) is 1. The first-order chi connectivity index (χ1) is 6.05. The van der Waals surface area contributed by atoms with Gasteiger partial charge in [-0.15, -0.1) is 0 Å². The second-order valence-corrected chi connectivity index (χ2v) is 4.47. The number of quaternary nitrogens is 1. The van der Waals surface area contributed by atoms with Crippen LogP contribution in [0.25, 0.3) is 0 Å². The number of rotatable bonds is 1. The van der Waals surface area contributed by atoms with E-state index in [4.69, 9.17) is 0 Å². The first-order valence-corrected chi connectivity index (χ1v) is 5.15. The minimum Gasteiger partial charge on any atom is -1.00 e. The summed E-state index contributed by atoms with van der Waals surface area (Å²) in [6.45, 7) is 6.10. The number of hydrogen-bond donors (Lipinski definition) is 0. The summed E-state index contributed by atoms with van der Waals surface area (Å²) < 4.78 is 1.05. The predicted molar refractivity (Wildman–Crippen MR) is 53.3 cm³/mol. The van der Waals surface area contributed by atoms with Crippen molar-refractivity contribution >= 4 is 5.91 Å². The average molecular weight is 312 g/mol. The molecule has 1 fully saturated rings. The van der Waals surface area contributed by atoms with Crippen LogP contribution >= 0.6 is 0 Å². The highest BCUT2D eigenvalue weighted by molar-refractivity contribution is 5.75. The van der Waals surface area contributed by atoms with E-state index in [9.17, 15) is 4.79 Å². The molecule has 1 aliphatic heterocycles. The molecule has 0 unspecified atom stereocenters. The summed E-state index contributed by atoms with van der Waals surface area (Å²) in [5, 5.41) is 0. The van der Waals surface area contributed by atoms with Crippen LogP contribution < -0.4 is 24.0 Å². The first kappa shape index (κ1) is 14.2. The molecule has 0 saturated carbocycles. The third-order valence-corrected chi connectivity index (χ3v) is 2.82. The SMILES string of the molecule is CCC(=O)N1CCC[N+](C)(C)CC1.[I-]. The van der Waals surface area contributed by atoms with Gasteiger partial charge in [0.25, 0.3) is 0 Å². The van der Waals surface area contributed by atoms with Gasteiger partial charge < -0.3 is 33.4 Å². The lowest BCUT2D eigenvalue weighted by atomic mass is 10.3. The molecule has 0 bridgehead atoms. The molecule has 14 heavy (non-hydrogen) atoms. The molecule has 1 aliphatic rings. The Hall–Kier alpha value is 0.160. The summed E-state index contributed by atoms with van der Waals surface area (Å²) in [5.74, 6) is 0.307. The third-order valence-electron chi connectivity index (χ3n) is 2.82. The highest BCUT2D eigenvalue weighted by Crippen LogP contribution is 2.08. The summed E-state index contributed by atoms with van der Waals surface area (Å²) in [4.78, 5) is 13.5. The number of likely N-dealkylation sites (N-methyl/N-ethyl adjacent to an activating group) is 1. The summed E-state index contributed by atoms with van der Waals surface area (Å²) in [7, 11) is 4.47. The minimum atomic E-state index is 0. The second kappa shape index (κ2) is 5.90. The first-order valence-electron chi connectivity index (χ1n) is 5.15. The molecule has 0 atom stereocenters. The maximum Gasteiger partial charge on any atom is 0.222 e. The van der Waals surface area contributed by atoms with Crippen molar-refractivity contribution in [2.75, 3.05) is 40.3 Å². The van der Waals surface area contributed by atoms with Crippen LogP contribution in [0.5, 0.6) is 0 Å². The van der Waals surface area contributed by atoms with Crippen molar-refractivity contribution < 1.29 is 33.3 Å². The zero-order chi connectivity index (χ0) is 9.90. The molecule has 0 aliphatic carbocycles. The average Bonchev–Trinajstić information content (AvgIpc) is 2.25. The van der Waals surface area contributed by atoms with E-state index >= 15 is 0 Å². The van der Waals surface area contributed by atoms with Crippen molar-refractivity contribution in [2.45, 2.75) is 19.8 Å². The van der Waals surface area contributed by atoms with Crippen LogP contribution in [0, 0.1) is 0 Å². The van der Waals surface area contributed by atoms with E-state index < -0.39 is 0 Å². The number of amides is 1. The van der Waals surface area contributed by atoms with Crippen LogP contribution in [-0.2, 0) is 4.79 Å². The van der Waals surface area contributed by atoms with Gasteiger partial charge in [0.15, 0.2) is 0 Å². The van der Waals surface area contributed by atoms with Gasteiger partial charge >= 0.3 is 0 Å². The molecule has 1 saturated heterocycles.